The Kier molecular flexibility index (Phi) is 6.25. The van der Waals surface area contributed by atoms with E-state index in [4.69, 9.17) is 5.21 Å². The molecular formula is C24H26FN3O6S. The molecule has 2 aliphatic rings. The summed E-state index contributed by atoms with van der Waals surface area (Å²) in [6.45, 7) is 1.35. The monoisotopic (exact) mass is 503 g/mol. The van der Waals surface area contributed by atoms with Crippen LogP contribution in [0.1, 0.15) is 48.6 Å². The summed E-state index contributed by atoms with van der Waals surface area (Å²) < 4.78 is 38.3. The zero-order valence-corrected chi connectivity index (χ0v) is 20.2. The fraction of sp³-hybridized carbons (Fsp3) is 0.417. The predicted molar refractivity (Wildman–Crippen MR) is 124 cm³/mol. The van der Waals surface area contributed by atoms with E-state index in [-0.39, 0.29) is 37.1 Å². The molecule has 1 aliphatic heterocycles. The Balaban J connectivity index is 1.45. The van der Waals surface area contributed by atoms with Crippen molar-refractivity contribution in [2.24, 2.45) is 0 Å². The van der Waals surface area contributed by atoms with Gasteiger partial charge in [-0.15, -0.1) is 0 Å². The van der Waals surface area contributed by atoms with Gasteiger partial charge in [0, 0.05) is 35.7 Å². The van der Waals surface area contributed by atoms with Gasteiger partial charge in [0.15, 0.2) is 14.6 Å². The summed E-state index contributed by atoms with van der Waals surface area (Å²) in [6, 6.07) is 6.07. The average Bonchev–Trinajstić information content (AvgIpc) is 3.44. The first-order valence-corrected chi connectivity index (χ1v) is 12.9. The van der Waals surface area contributed by atoms with Gasteiger partial charge in [-0.05, 0) is 49.9 Å². The van der Waals surface area contributed by atoms with Gasteiger partial charge in [-0.3, -0.25) is 14.6 Å². The molecule has 35 heavy (non-hydrogen) atoms. The number of hydrogen-bond donors (Lipinski definition) is 3. The molecule has 3 N–H and O–H groups in total. The summed E-state index contributed by atoms with van der Waals surface area (Å²) in [4.78, 5) is 26.1. The standard InChI is InChI=1S/C24H26FN3O6S/c1-23(21(30)26-32,35(2,33)34)9-10-27-14-19-11-16(13-28(19)22(27)31)3-4-17-5-6-18(12-20(17)25)24(15-29)7-8-24/h5-6,11-13,29,32H,7-10,14-15H2,1-2H3,(H,26,30). The van der Waals surface area contributed by atoms with Crippen LogP contribution in [0, 0.1) is 17.7 Å². The van der Waals surface area contributed by atoms with Crippen LogP contribution in [0.25, 0.3) is 0 Å². The Morgan fingerprint density at radius 3 is 2.54 bits per heavy atom. The lowest BCUT2D eigenvalue weighted by molar-refractivity contribution is -0.131. The predicted octanol–water partition coefficient (Wildman–Crippen LogP) is 1.53. The lowest BCUT2D eigenvalue weighted by Crippen LogP contribution is -2.50. The van der Waals surface area contributed by atoms with Crippen molar-refractivity contribution in [3.8, 4) is 11.8 Å². The highest BCUT2D eigenvalue weighted by atomic mass is 32.2. The minimum absolute atomic E-state index is 0.0130. The Bertz CT molecular complexity index is 1370. The highest BCUT2D eigenvalue weighted by Crippen LogP contribution is 2.47. The first kappa shape index (κ1) is 24.9. The number of fused-ring (bicyclic) bond motifs is 1. The fourth-order valence-electron chi connectivity index (χ4n) is 4.18. The molecule has 1 saturated carbocycles. The number of hydroxylamine groups is 1. The van der Waals surface area contributed by atoms with Crippen molar-refractivity contribution >= 4 is 21.8 Å². The Hall–Kier alpha value is -3.20. The van der Waals surface area contributed by atoms with E-state index in [1.807, 2.05) is 0 Å². The van der Waals surface area contributed by atoms with Crippen LogP contribution in [0.4, 0.5) is 9.18 Å². The van der Waals surface area contributed by atoms with Gasteiger partial charge in [0.05, 0.1) is 18.7 Å². The number of sulfone groups is 1. The number of halogens is 1. The summed E-state index contributed by atoms with van der Waals surface area (Å²) in [5, 5.41) is 18.5. The van der Waals surface area contributed by atoms with E-state index in [0.29, 0.717) is 11.3 Å². The maximum Gasteiger partial charge on any atom is 0.328 e. The van der Waals surface area contributed by atoms with Gasteiger partial charge < -0.3 is 10.0 Å². The molecule has 186 valence electrons. The Morgan fingerprint density at radius 1 is 1.29 bits per heavy atom. The second-order valence-electron chi connectivity index (χ2n) is 9.37. The number of benzene rings is 1. The van der Waals surface area contributed by atoms with Crippen molar-refractivity contribution < 1.29 is 32.7 Å². The number of aromatic nitrogens is 1. The normalized spacial score (nSPS) is 17.9. The minimum atomic E-state index is -3.87. The third-order valence-electron chi connectivity index (χ3n) is 7.07. The summed E-state index contributed by atoms with van der Waals surface area (Å²) in [7, 11) is -3.87. The van der Waals surface area contributed by atoms with Crippen molar-refractivity contribution in [1.82, 2.24) is 14.9 Å². The third-order valence-corrected chi connectivity index (χ3v) is 9.09. The molecule has 0 spiro atoms. The van der Waals surface area contributed by atoms with Gasteiger partial charge in [-0.25, -0.2) is 23.1 Å². The molecule has 1 fully saturated rings. The van der Waals surface area contributed by atoms with Crippen LogP contribution in [0.5, 0.6) is 0 Å². The van der Waals surface area contributed by atoms with Crippen molar-refractivity contribution in [2.75, 3.05) is 19.4 Å². The summed E-state index contributed by atoms with van der Waals surface area (Å²) >= 11 is 0. The molecule has 2 heterocycles. The SMILES string of the molecule is CC(CCN1Cc2cc(C#Cc3ccc(C4(CO)CC4)cc3F)cn2C1=O)(C(=O)NO)S(C)(=O)=O. The van der Waals surface area contributed by atoms with Gasteiger partial charge in [0.25, 0.3) is 5.91 Å². The van der Waals surface area contributed by atoms with E-state index in [1.54, 1.807) is 18.2 Å². The van der Waals surface area contributed by atoms with Crippen LogP contribution < -0.4 is 5.48 Å². The number of aliphatic hydroxyl groups is 1. The summed E-state index contributed by atoms with van der Waals surface area (Å²) in [6.07, 6.45) is 3.89. The number of aliphatic hydroxyl groups excluding tert-OH is 1. The molecule has 1 unspecified atom stereocenters. The highest BCUT2D eigenvalue weighted by molar-refractivity contribution is 7.92. The largest absolute Gasteiger partial charge is 0.395 e. The van der Waals surface area contributed by atoms with E-state index in [9.17, 15) is 27.5 Å². The molecular weight excluding hydrogens is 477 g/mol. The van der Waals surface area contributed by atoms with Crippen LogP contribution in [0.15, 0.2) is 30.5 Å². The molecule has 0 saturated heterocycles. The summed E-state index contributed by atoms with van der Waals surface area (Å²) in [5.41, 5.74) is 3.18. The fourth-order valence-corrected chi connectivity index (χ4v) is 5.02. The maximum absolute atomic E-state index is 14.5. The van der Waals surface area contributed by atoms with Crippen molar-refractivity contribution in [3.05, 3.63) is 58.7 Å². The van der Waals surface area contributed by atoms with Crippen LogP contribution in [-0.2, 0) is 26.6 Å². The van der Waals surface area contributed by atoms with Crippen LogP contribution in [0.3, 0.4) is 0 Å². The number of nitrogens with zero attached hydrogens (tertiary/aromatic N) is 2. The molecule has 1 aliphatic carbocycles. The number of hydrogen-bond acceptors (Lipinski definition) is 6. The maximum atomic E-state index is 14.5. The van der Waals surface area contributed by atoms with E-state index in [0.717, 1.165) is 24.7 Å². The molecule has 1 aromatic heterocycles. The van der Waals surface area contributed by atoms with Crippen LogP contribution in [-0.4, -0.2) is 64.3 Å². The molecule has 0 radical (unpaired) electrons. The van der Waals surface area contributed by atoms with Crippen molar-refractivity contribution in [2.45, 2.75) is 42.9 Å². The second-order valence-corrected chi connectivity index (χ2v) is 11.8. The van der Waals surface area contributed by atoms with Gasteiger partial charge in [-0.1, -0.05) is 17.9 Å². The first-order valence-electron chi connectivity index (χ1n) is 11.0. The highest BCUT2D eigenvalue weighted by Gasteiger charge is 2.45. The van der Waals surface area contributed by atoms with Gasteiger partial charge in [-0.2, -0.15) is 0 Å². The summed E-state index contributed by atoms with van der Waals surface area (Å²) in [5.74, 6) is 4.11. The molecule has 4 rings (SSSR count). The van der Waals surface area contributed by atoms with E-state index >= 15 is 0 Å². The Morgan fingerprint density at radius 2 is 2.00 bits per heavy atom. The quantitative estimate of drug-likeness (QED) is 0.299. The number of carbonyl (C=O) groups excluding carboxylic acids is 2. The molecule has 0 bridgehead atoms. The molecule has 2 amide bonds. The van der Waals surface area contributed by atoms with Gasteiger partial charge in [0.1, 0.15) is 5.82 Å². The zero-order valence-electron chi connectivity index (χ0n) is 19.3. The van der Waals surface area contributed by atoms with E-state index in [2.05, 4.69) is 11.8 Å². The molecule has 1 aromatic carbocycles. The van der Waals surface area contributed by atoms with Gasteiger partial charge >= 0.3 is 6.03 Å². The second kappa shape index (κ2) is 8.78. The van der Waals surface area contributed by atoms with E-state index < -0.39 is 32.3 Å². The van der Waals surface area contributed by atoms with Crippen molar-refractivity contribution in [3.63, 3.8) is 0 Å². The van der Waals surface area contributed by atoms with E-state index in [1.165, 1.54) is 34.1 Å². The van der Waals surface area contributed by atoms with Crippen molar-refractivity contribution in [1.29, 1.82) is 0 Å². The minimum Gasteiger partial charge on any atom is -0.395 e. The number of carbonyl (C=O) groups is 2. The number of nitrogens with one attached hydrogen (secondary N) is 1. The number of amides is 2. The topological polar surface area (TPSA) is 129 Å². The third kappa shape index (κ3) is 4.45. The molecule has 2 aromatic rings. The number of rotatable bonds is 7. The lowest BCUT2D eigenvalue weighted by atomic mass is 9.95. The van der Waals surface area contributed by atoms with Gasteiger partial charge in [0.2, 0.25) is 0 Å². The average molecular weight is 504 g/mol. The smallest absolute Gasteiger partial charge is 0.328 e. The Labute approximate surface area is 202 Å². The molecule has 1 atom stereocenters. The first-order chi connectivity index (χ1) is 16.4. The molecule has 9 nitrogen and oxygen atoms in total. The zero-order chi connectivity index (χ0) is 25.6. The van der Waals surface area contributed by atoms with Crippen LogP contribution >= 0.6 is 0 Å². The molecule has 11 heteroatoms. The lowest BCUT2D eigenvalue weighted by Gasteiger charge is -2.27. The van der Waals surface area contributed by atoms with Crippen LogP contribution in [0.2, 0.25) is 0 Å².